The molecule has 0 heterocycles. The Morgan fingerprint density at radius 3 is 2.00 bits per heavy atom. The van der Waals surface area contributed by atoms with E-state index in [0.29, 0.717) is 4.48 Å². The van der Waals surface area contributed by atoms with Crippen LogP contribution >= 0.6 is 31.9 Å². The number of halogens is 2. The van der Waals surface area contributed by atoms with Crippen LogP contribution in [0, 0.1) is 0 Å². The van der Waals surface area contributed by atoms with E-state index in [1.165, 1.54) is 7.11 Å². The van der Waals surface area contributed by atoms with Gasteiger partial charge in [-0.1, -0.05) is 15.9 Å². The summed E-state index contributed by atoms with van der Waals surface area (Å²) >= 11 is 6.14. The van der Waals surface area contributed by atoms with E-state index in [1.54, 1.807) is 6.92 Å². The summed E-state index contributed by atoms with van der Waals surface area (Å²) in [4.78, 5) is 10.6. The molecule has 0 aliphatic rings. The van der Waals surface area contributed by atoms with Crippen LogP contribution in [0.15, 0.2) is 8.96 Å². The van der Waals surface area contributed by atoms with Gasteiger partial charge in [0.25, 0.3) is 0 Å². The third-order valence-electron chi connectivity index (χ3n) is 0.667. The van der Waals surface area contributed by atoms with E-state index < -0.39 is 0 Å². The summed E-state index contributed by atoms with van der Waals surface area (Å²) < 4.78 is 5.55. The van der Waals surface area contributed by atoms with Gasteiger partial charge in [-0.05, 0) is 22.9 Å². The van der Waals surface area contributed by atoms with Crippen LogP contribution < -0.4 is 0 Å². The molecule has 0 aromatic rings. The highest BCUT2D eigenvalue weighted by molar-refractivity contribution is 9.14. The lowest BCUT2D eigenvalue weighted by molar-refractivity contribution is -0.135. The molecule has 0 rings (SSSR count). The van der Waals surface area contributed by atoms with Gasteiger partial charge in [0.05, 0.1) is 7.11 Å². The zero-order chi connectivity index (χ0) is 7.44. The minimum absolute atomic E-state index is 0.371. The molecule has 0 radical (unpaired) electrons. The molecule has 4 heteroatoms. The fourth-order valence-corrected chi connectivity index (χ4v) is 0.554. The van der Waals surface area contributed by atoms with Gasteiger partial charge >= 0.3 is 5.97 Å². The van der Waals surface area contributed by atoms with Crippen LogP contribution in [0.25, 0.3) is 0 Å². The van der Waals surface area contributed by atoms with E-state index in [9.17, 15) is 4.79 Å². The Labute approximate surface area is 70.5 Å². The molecule has 0 aromatic carbocycles. The van der Waals surface area contributed by atoms with Crippen LogP contribution in [-0.2, 0) is 9.53 Å². The van der Waals surface area contributed by atoms with Crippen LogP contribution in [0.5, 0.6) is 0 Å². The molecular weight excluding hydrogens is 252 g/mol. The number of carbonyl (C=O) groups excluding carboxylic acids is 1. The zero-order valence-electron chi connectivity index (χ0n) is 5.07. The van der Waals surface area contributed by atoms with Gasteiger partial charge in [-0.25, -0.2) is 4.79 Å². The molecule has 0 spiro atoms. The van der Waals surface area contributed by atoms with Crippen molar-refractivity contribution in [3.8, 4) is 0 Å². The molecule has 0 atom stereocenters. The van der Waals surface area contributed by atoms with Gasteiger partial charge in [-0.3, -0.25) is 0 Å². The molecule has 0 fully saturated rings. The van der Waals surface area contributed by atoms with Gasteiger partial charge in [-0.15, -0.1) is 0 Å². The second-order valence-electron chi connectivity index (χ2n) is 1.34. The Morgan fingerprint density at radius 1 is 1.44 bits per heavy atom. The molecule has 0 aromatic heterocycles. The standard InChI is InChI=1S/C5H6Br2O2/c1-3(6)4(7)5(8)9-2/h1-2H3/b4-3+. The Morgan fingerprint density at radius 2 is 1.89 bits per heavy atom. The fraction of sp³-hybridized carbons (Fsp3) is 0.400. The molecule has 0 aliphatic carbocycles. The molecular formula is C5H6Br2O2. The number of methoxy groups -OCH3 is 1. The molecule has 9 heavy (non-hydrogen) atoms. The van der Waals surface area contributed by atoms with E-state index in [1.807, 2.05) is 0 Å². The molecule has 0 amide bonds. The largest absolute Gasteiger partial charge is 0.465 e. The summed E-state index contributed by atoms with van der Waals surface area (Å²) in [5, 5.41) is 0. The zero-order valence-corrected chi connectivity index (χ0v) is 8.24. The van der Waals surface area contributed by atoms with Crippen molar-refractivity contribution in [2.24, 2.45) is 0 Å². The summed E-state index contributed by atoms with van der Waals surface area (Å²) in [6.07, 6.45) is 0. The van der Waals surface area contributed by atoms with Crippen molar-refractivity contribution >= 4 is 37.8 Å². The van der Waals surface area contributed by atoms with Crippen LogP contribution in [-0.4, -0.2) is 13.1 Å². The molecule has 2 nitrogen and oxygen atoms in total. The molecule has 0 saturated carbocycles. The fourth-order valence-electron chi connectivity index (χ4n) is 0.230. The second-order valence-corrected chi connectivity index (χ2v) is 3.32. The molecule has 0 aliphatic heterocycles. The number of allylic oxidation sites excluding steroid dienone is 1. The first-order chi connectivity index (χ1) is 4.09. The summed E-state index contributed by atoms with van der Waals surface area (Å²) in [5.41, 5.74) is 0. The Hall–Kier alpha value is 0.170. The Bertz CT molecular complexity index is 147. The number of hydrogen-bond donors (Lipinski definition) is 0. The maximum atomic E-state index is 10.6. The van der Waals surface area contributed by atoms with Crippen molar-refractivity contribution < 1.29 is 9.53 Å². The second kappa shape index (κ2) is 4.06. The van der Waals surface area contributed by atoms with Crippen molar-refractivity contribution in [2.45, 2.75) is 6.92 Å². The Balaban J connectivity index is 4.21. The van der Waals surface area contributed by atoms with E-state index in [4.69, 9.17) is 0 Å². The lowest BCUT2D eigenvalue weighted by Gasteiger charge is -1.95. The lowest BCUT2D eigenvalue weighted by atomic mass is 10.5. The lowest BCUT2D eigenvalue weighted by Crippen LogP contribution is -1.99. The molecule has 52 valence electrons. The van der Waals surface area contributed by atoms with Crippen LogP contribution in [0.1, 0.15) is 6.92 Å². The van der Waals surface area contributed by atoms with E-state index in [0.717, 1.165) is 4.48 Å². The van der Waals surface area contributed by atoms with Gasteiger partial charge in [-0.2, -0.15) is 0 Å². The summed E-state index contributed by atoms with van der Waals surface area (Å²) in [6, 6.07) is 0. The van der Waals surface area contributed by atoms with Crippen molar-refractivity contribution in [3.05, 3.63) is 8.96 Å². The van der Waals surface area contributed by atoms with Gasteiger partial charge in [0.15, 0.2) is 0 Å². The van der Waals surface area contributed by atoms with Crippen molar-refractivity contribution in [2.75, 3.05) is 7.11 Å². The van der Waals surface area contributed by atoms with Crippen molar-refractivity contribution in [1.29, 1.82) is 0 Å². The molecule has 0 N–H and O–H groups in total. The quantitative estimate of drug-likeness (QED) is 0.532. The average molecular weight is 258 g/mol. The number of esters is 1. The predicted octanol–water partition coefficient (Wildman–Crippen LogP) is 2.18. The SMILES string of the molecule is COC(=O)/C(Br)=C(/C)Br. The first kappa shape index (κ1) is 9.17. The predicted molar refractivity (Wildman–Crippen MR) is 42.6 cm³/mol. The third-order valence-corrected chi connectivity index (χ3v) is 2.51. The van der Waals surface area contributed by atoms with Gasteiger partial charge in [0.2, 0.25) is 0 Å². The van der Waals surface area contributed by atoms with E-state index in [2.05, 4.69) is 36.6 Å². The highest BCUT2D eigenvalue weighted by atomic mass is 79.9. The maximum absolute atomic E-state index is 10.6. The summed E-state index contributed by atoms with van der Waals surface area (Å²) in [7, 11) is 1.33. The normalized spacial score (nSPS) is 12.4. The minimum Gasteiger partial charge on any atom is -0.465 e. The van der Waals surface area contributed by atoms with Gasteiger partial charge < -0.3 is 4.74 Å². The number of carbonyl (C=O) groups is 1. The average Bonchev–Trinajstić information content (AvgIpc) is 1.84. The van der Waals surface area contributed by atoms with Crippen LogP contribution in [0.3, 0.4) is 0 Å². The van der Waals surface area contributed by atoms with Crippen molar-refractivity contribution in [3.63, 3.8) is 0 Å². The maximum Gasteiger partial charge on any atom is 0.345 e. The first-order valence-corrected chi connectivity index (χ1v) is 3.78. The topological polar surface area (TPSA) is 26.3 Å². The van der Waals surface area contributed by atoms with Gasteiger partial charge in [0, 0.05) is 4.48 Å². The van der Waals surface area contributed by atoms with E-state index >= 15 is 0 Å². The molecule has 0 saturated heterocycles. The van der Waals surface area contributed by atoms with Crippen LogP contribution in [0.4, 0.5) is 0 Å². The smallest absolute Gasteiger partial charge is 0.345 e. The molecule has 0 bridgehead atoms. The number of hydrogen-bond acceptors (Lipinski definition) is 2. The van der Waals surface area contributed by atoms with Gasteiger partial charge in [0.1, 0.15) is 4.48 Å². The highest BCUT2D eigenvalue weighted by Crippen LogP contribution is 2.17. The minimum atomic E-state index is -0.371. The number of ether oxygens (including phenoxy) is 1. The summed E-state index contributed by atoms with van der Waals surface area (Å²) in [6.45, 7) is 1.75. The van der Waals surface area contributed by atoms with E-state index in [-0.39, 0.29) is 5.97 Å². The third kappa shape index (κ3) is 3.01. The van der Waals surface area contributed by atoms with Crippen LogP contribution in [0.2, 0.25) is 0 Å². The highest BCUT2D eigenvalue weighted by Gasteiger charge is 2.06. The number of rotatable bonds is 1. The summed E-state index contributed by atoms with van der Waals surface area (Å²) in [5.74, 6) is -0.371. The molecule has 0 unspecified atom stereocenters. The Kier molecular flexibility index (Phi) is 4.14. The van der Waals surface area contributed by atoms with Crippen molar-refractivity contribution in [1.82, 2.24) is 0 Å². The monoisotopic (exact) mass is 256 g/mol. The first-order valence-electron chi connectivity index (χ1n) is 2.19.